The first-order valence-electron chi connectivity index (χ1n) is 4.94. The molecule has 0 aliphatic rings. The van der Waals surface area contributed by atoms with E-state index in [0.717, 1.165) is 13.1 Å². The third-order valence-electron chi connectivity index (χ3n) is 1.91. The van der Waals surface area contributed by atoms with E-state index < -0.39 is 0 Å². The fraction of sp³-hybridized carbons (Fsp3) is 0.889. The molecule has 0 radical (unpaired) electrons. The van der Waals surface area contributed by atoms with Crippen molar-refractivity contribution in [3.8, 4) is 0 Å². The zero-order valence-corrected chi connectivity index (χ0v) is 9.80. The maximum atomic E-state index is 5.39. The van der Waals surface area contributed by atoms with Gasteiger partial charge in [0.25, 0.3) is 0 Å². The molecule has 3 N–H and O–H groups in total. The lowest BCUT2D eigenvalue weighted by atomic mass is 10.1. The zero-order chi connectivity index (χ0) is 9.94. The summed E-state index contributed by atoms with van der Waals surface area (Å²) in [5.41, 5.74) is 5.39. The van der Waals surface area contributed by atoms with Crippen LogP contribution < -0.4 is 11.1 Å². The molecule has 0 bridgehead atoms. The third kappa shape index (κ3) is 12.2. The van der Waals surface area contributed by atoms with Gasteiger partial charge in [0.05, 0.1) is 0 Å². The maximum absolute atomic E-state index is 5.39. The lowest BCUT2D eigenvalue weighted by Crippen LogP contribution is -2.17. The molecule has 13 heavy (non-hydrogen) atoms. The quantitative estimate of drug-likeness (QED) is 0.333. The highest BCUT2D eigenvalue weighted by Gasteiger charge is 1.91. The minimum atomic E-state index is 0.600. The summed E-state index contributed by atoms with van der Waals surface area (Å²) in [6, 6.07) is 0. The van der Waals surface area contributed by atoms with Crippen LogP contribution in [0.3, 0.4) is 0 Å². The number of nitrogens with two attached hydrogens (primary N) is 1. The number of hydrogen-bond donors (Lipinski definition) is 3. The highest BCUT2D eigenvalue weighted by molar-refractivity contribution is 8.11. The molecule has 0 aromatic heterocycles. The molecule has 0 unspecified atom stereocenters. The number of hydrogen-bond acceptors (Lipinski definition) is 2. The van der Waals surface area contributed by atoms with Gasteiger partial charge in [-0.15, -0.1) is 12.6 Å². The molecule has 0 spiro atoms. The van der Waals surface area contributed by atoms with Crippen LogP contribution in [0.2, 0.25) is 0 Å². The second-order valence-electron chi connectivity index (χ2n) is 3.14. The summed E-state index contributed by atoms with van der Waals surface area (Å²) in [5, 5.41) is 3.02. The average molecular weight is 220 g/mol. The van der Waals surface area contributed by atoms with E-state index >= 15 is 0 Å². The zero-order valence-electron chi connectivity index (χ0n) is 8.09. The minimum Gasteiger partial charge on any atom is -0.371 e. The van der Waals surface area contributed by atoms with Gasteiger partial charge in [-0.1, -0.05) is 37.9 Å². The van der Waals surface area contributed by atoms with Crippen LogP contribution in [-0.2, 0) is 0 Å². The molecule has 0 aromatic rings. The van der Waals surface area contributed by atoms with Gasteiger partial charge in [-0.2, -0.15) is 0 Å². The highest BCUT2D eigenvalue weighted by atomic mass is 32.1. The Morgan fingerprint density at radius 1 is 1.08 bits per heavy atom. The first kappa shape index (κ1) is 13.2. The molecule has 0 rings (SSSR count). The average Bonchev–Trinajstić information content (AvgIpc) is 2.09. The van der Waals surface area contributed by atoms with Gasteiger partial charge in [0.15, 0.2) is 0 Å². The van der Waals surface area contributed by atoms with Crippen molar-refractivity contribution in [1.82, 2.24) is 5.32 Å². The van der Waals surface area contributed by atoms with Gasteiger partial charge in [0.1, 0.15) is 4.32 Å². The fourth-order valence-corrected chi connectivity index (χ4v) is 1.39. The van der Waals surface area contributed by atoms with E-state index in [-0.39, 0.29) is 0 Å². The number of nitrogens with one attached hydrogen (secondary N) is 1. The third-order valence-corrected chi connectivity index (χ3v) is 2.21. The molecule has 2 nitrogen and oxygen atoms in total. The molecule has 0 aromatic carbocycles. The van der Waals surface area contributed by atoms with Gasteiger partial charge >= 0.3 is 0 Å². The Kier molecular flexibility index (Phi) is 10.4. The van der Waals surface area contributed by atoms with Crippen LogP contribution in [0.15, 0.2) is 0 Å². The van der Waals surface area contributed by atoms with Crippen LogP contribution in [-0.4, -0.2) is 17.4 Å². The Bertz CT molecular complexity index is 129. The summed E-state index contributed by atoms with van der Waals surface area (Å²) < 4.78 is 0.600. The smallest absolute Gasteiger partial charge is 0.130 e. The van der Waals surface area contributed by atoms with Gasteiger partial charge in [0, 0.05) is 6.54 Å². The number of thiocarbonyl (C=S) groups is 1. The minimum absolute atomic E-state index is 0.600. The summed E-state index contributed by atoms with van der Waals surface area (Å²) in [4.78, 5) is 0. The molecule has 0 heterocycles. The molecule has 0 fully saturated rings. The Morgan fingerprint density at radius 3 is 2.15 bits per heavy atom. The van der Waals surface area contributed by atoms with Crippen molar-refractivity contribution in [3.05, 3.63) is 0 Å². The monoisotopic (exact) mass is 220 g/mol. The Balaban J connectivity index is 2.87. The highest BCUT2D eigenvalue weighted by Crippen LogP contribution is 2.03. The summed E-state index contributed by atoms with van der Waals surface area (Å²) in [5.74, 6) is 0. The van der Waals surface area contributed by atoms with Crippen molar-refractivity contribution < 1.29 is 0 Å². The van der Waals surface area contributed by atoms with Crippen molar-refractivity contribution in [2.24, 2.45) is 5.73 Å². The normalized spacial score (nSPS) is 10.0. The molecule has 0 saturated heterocycles. The van der Waals surface area contributed by atoms with Crippen LogP contribution in [0.5, 0.6) is 0 Å². The van der Waals surface area contributed by atoms with Gasteiger partial charge in [-0.3, -0.25) is 0 Å². The van der Waals surface area contributed by atoms with Crippen LogP contribution in [0.4, 0.5) is 0 Å². The van der Waals surface area contributed by atoms with Gasteiger partial charge in [-0.25, -0.2) is 0 Å². The van der Waals surface area contributed by atoms with Crippen LogP contribution in [0.1, 0.15) is 38.5 Å². The van der Waals surface area contributed by atoms with Gasteiger partial charge < -0.3 is 11.1 Å². The number of thiol groups is 1. The predicted molar refractivity (Wildman–Crippen MR) is 66.3 cm³/mol. The van der Waals surface area contributed by atoms with Crippen molar-refractivity contribution in [2.75, 3.05) is 13.1 Å². The van der Waals surface area contributed by atoms with E-state index in [2.05, 4.69) is 17.9 Å². The Morgan fingerprint density at radius 2 is 1.62 bits per heavy atom. The first-order chi connectivity index (χ1) is 6.27. The summed E-state index contributed by atoms with van der Waals surface area (Å²) in [6.45, 7) is 1.79. The standard InChI is InChI=1S/C9H20N2S2/c10-7-5-3-1-2-4-6-8-11-9(12)13/h1-8,10H2,(H2,11,12,13). The summed E-state index contributed by atoms with van der Waals surface area (Å²) >= 11 is 8.75. The van der Waals surface area contributed by atoms with E-state index in [1.807, 2.05) is 0 Å². The summed E-state index contributed by atoms with van der Waals surface area (Å²) in [6.07, 6.45) is 7.51. The van der Waals surface area contributed by atoms with E-state index in [0.29, 0.717) is 4.32 Å². The number of rotatable bonds is 8. The van der Waals surface area contributed by atoms with Crippen molar-refractivity contribution >= 4 is 29.2 Å². The maximum Gasteiger partial charge on any atom is 0.130 e. The Hall–Kier alpha value is 0.200. The molecule has 0 aliphatic heterocycles. The lowest BCUT2D eigenvalue weighted by Gasteiger charge is -2.02. The molecule has 0 amide bonds. The molecule has 4 heteroatoms. The topological polar surface area (TPSA) is 38.0 Å². The lowest BCUT2D eigenvalue weighted by molar-refractivity contribution is 0.594. The molecule has 0 aliphatic carbocycles. The number of unbranched alkanes of at least 4 members (excludes halogenated alkanes) is 5. The van der Waals surface area contributed by atoms with Crippen LogP contribution >= 0.6 is 24.8 Å². The fourth-order valence-electron chi connectivity index (χ4n) is 1.17. The molecule has 78 valence electrons. The van der Waals surface area contributed by atoms with Gasteiger partial charge in [-0.05, 0) is 19.4 Å². The predicted octanol–water partition coefficient (Wildman–Crippen LogP) is 2.09. The second kappa shape index (κ2) is 10.3. The molecular weight excluding hydrogens is 200 g/mol. The van der Waals surface area contributed by atoms with Crippen molar-refractivity contribution in [2.45, 2.75) is 38.5 Å². The van der Waals surface area contributed by atoms with Crippen molar-refractivity contribution in [1.29, 1.82) is 0 Å². The first-order valence-corrected chi connectivity index (χ1v) is 5.79. The van der Waals surface area contributed by atoms with E-state index in [1.54, 1.807) is 0 Å². The van der Waals surface area contributed by atoms with E-state index in [1.165, 1.54) is 38.5 Å². The Labute approximate surface area is 92.1 Å². The van der Waals surface area contributed by atoms with E-state index in [9.17, 15) is 0 Å². The van der Waals surface area contributed by atoms with Crippen LogP contribution in [0, 0.1) is 0 Å². The van der Waals surface area contributed by atoms with E-state index in [4.69, 9.17) is 18.0 Å². The van der Waals surface area contributed by atoms with Gasteiger partial charge in [0.2, 0.25) is 0 Å². The second-order valence-corrected chi connectivity index (χ2v) is 4.30. The van der Waals surface area contributed by atoms with Crippen molar-refractivity contribution in [3.63, 3.8) is 0 Å². The molecule has 0 atom stereocenters. The largest absolute Gasteiger partial charge is 0.371 e. The summed E-state index contributed by atoms with van der Waals surface area (Å²) in [7, 11) is 0. The SMILES string of the molecule is NCCCCCCCCNC(=S)S. The molecular formula is C9H20N2S2. The van der Waals surface area contributed by atoms with Crippen LogP contribution in [0.25, 0.3) is 0 Å². The molecule has 0 saturated carbocycles.